The van der Waals surface area contributed by atoms with Crippen molar-refractivity contribution in [2.75, 3.05) is 31.1 Å². The molecule has 3 aromatic rings. The number of sulfonamides is 1. The lowest BCUT2D eigenvalue weighted by atomic mass is 10.2. The Bertz CT molecular complexity index is 1260. The molecule has 1 fully saturated rings. The zero-order valence-corrected chi connectivity index (χ0v) is 16.3. The van der Waals surface area contributed by atoms with Crippen LogP contribution in [0, 0.1) is 0 Å². The minimum Gasteiger partial charge on any atom is -0.368 e. The van der Waals surface area contributed by atoms with Crippen LogP contribution in [0.1, 0.15) is 0 Å². The maximum atomic E-state index is 13.0. The Labute approximate surface area is 165 Å². The van der Waals surface area contributed by atoms with E-state index in [0.717, 1.165) is 5.69 Å². The summed E-state index contributed by atoms with van der Waals surface area (Å²) in [4.78, 5) is 29.9. The van der Waals surface area contributed by atoms with Gasteiger partial charge in [0.2, 0.25) is 10.0 Å². The summed E-state index contributed by atoms with van der Waals surface area (Å²) in [5.74, 6) is 0. The minimum atomic E-state index is -3.73. The van der Waals surface area contributed by atoms with E-state index in [1.165, 1.54) is 22.5 Å². The Hall–Kier alpha value is -2.62. The molecule has 0 spiro atoms. The van der Waals surface area contributed by atoms with E-state index < -0.39 is 21.1 Å². The quantitative estimate of drug-likeness (QED) is 0.622. The van der Waals surface area contributed by atoms with Crippen LogP contribution in [0.5, 0.6) is 0 Å². The molecular formula is C18H17ClN4O4S. The van der Waals surface area contributed by atoms with Crippen molar-refractivity contribution >= 4 is 38.3 Å². The van der Waals surface area contributed by atoms with E-state index in [-0.39, 0.29) is 10.4 Å². The number of halogens is 1. The molecule has 1 aliphatic rings. The van der Waals surface area contributed by atoms with E-state index >= 15 is 0 Å². The van der Waals surface area contributed by atoms with Crippen LogP contribution in [-0.4, -0.2) is 48.9 Å². The molecule has 2 aromatic carbocycles. The second-order valence-electron chi connectivity index (χ2n) is 6.46. The second kappa shape index (κ2) is 7.08. The maximum absolute atomic E-state index is 13.0. The number of para-hydroxylation sites is 1. The van der Waals surface area contributed by atoms with Gasteiger partial charge in [0.1, 0.15) is 0 Å². The molecule has 10 heteroatoms. The summed E-state index contributed by atoms with van der Waals surface area (Å²) < 4.78 is 27.4. The first-order valence-electron chi connectivity index (χ1n) is 8.62. The molecule has 1 aliphatic heterocycles. The fourth-order valence-corrected chi connectivity index (χ4v) is 4.99. The van der Waals surface area contributed by atoms with Crippen LogP contribution in [-0.2, 0) is 10.0 Å². The van der Waals surface area contributed by atoms with E-state index in [1.54, 1.807) is 6.07 Å². The third kappa shape index (κ3) is 3.32. The number of rotatable bonds is 3. The molecular weight excluding hydrogens is 404 g/mol. The highest BCUT2D eigenvalue weighted by molar-refractivity contribution is 7.89. The number of nitrogens with one attached hydrogen (secondary N) is 2. The Kier molecular flexibility index (Phi) is 4.74. The molecule has 28 heavy (non-hydrogen) atoms. The number of nitrogens with zero attached hydrogens (tertiary/aromatic N) is 2. The number of piperazine rings is 1. The van der Waals surface area contributed by atoms with Crippen molar-refractivity contribution < 1.29 is 8.42 Å². The molecule has 1 aromatic heterocycles. The molecule has 0 saturated carbocycles. The number of H-pyrrole nitrogens is 2. The molecule has 2 N–H and O–H groups in total. The summed E-state index contributed by atoms with van der Waals surface area (Å²) in [7, 11) is -3.73. The highest BCUT2D eigenvalue weighted by Gasteiger charge is 2.29. The van der Waals surface area contributed by atoms with Crippen molar-refractivity contribution in [3.8, 4) is 0 Å². The number of benzene rings is 2. The Morgan fingerprint density at radius 3 is 2.18 bits per heavy atom. The number of aromatic amines is 2. The van der Waals surface area contributed by atoms with Crippen molar-refractivity contribution in [2.24, 2.45) is 0 Å². The topological polar surface area (TPSA) is 106 Å². The predicted molar refractivity (Wildman–Crippen MR) is 108 cm³/mol. The van der Waals surface area contributed by atoms with Gasteiger partial charge in [-0.3, -0.25) is 9.59 Å². The van der Waals surface area contributed by atoms with Gasteiger partial charge in [-0.05, 0) is 30.3 Å². The van der Waals surface area contributed by atoms with E-state index in [1.807, 2.05) is 18.2 Å². The van der Waals surface area contributed by atoms with Gasteiger partial charge in [-0.2, -0.15) is 4.31 Å². The van der Waals surface area contributed by atoms with Gasteiger partial charge in [0.15, 0.2) is 0 Å². The average molecular weight is 421 g/mol. The Morgan fingerprint density at radius 2 is 1.50 bits per heavy atom. The SMILES string of the molecule is O=c1[nH]c2ccc(S(=O)(=O)N3CCN(c4ccccc4Cl)CC3)cc2[nH]c1=O. The maximum Gasteiger partial charge on any atom is 0.314 e. The largest absolute Gasteiger partial charge is 0.368 e. The smallest absolute Gasteiger partial charge is 0.314 e. The molecule has 146 valence electrons. The lowest BCUT2D eigenvalue weighted by molar-refractivity contribution is 0.385. The second-order valence-corrected chi connectivity index (χ2v) is 8.80. The van der Waals surface area contributed by atoms with Crippen LogP contribution in [0.25, 0.3) is 11.0 Å². The average Bonchev–Trinajstić information content (AvgIpc) is 2.69. The van der Waals surface area contributed by atoms with Crippen LogP contribution >= 0.6 is 11.6 Å². The normalized spacial score (nSPS) is 15.8. The van der Waals surface area contributed by atoms with Crippen LogP contribution in [0.4, 0.5) is 5.69 Å². The van der Waals surface area contributed by atoms with Gasteiger partial charge < -0.3 is 14.9 Å². The summed E-state index contributed by atoms with van der Waals surface area (Å²) >= 11 is 6.23. The Morgan fingerprint density at radius 1 is 0.857 bits per heavy atom. The summed E-state index contributed by atoms with van der Waals surface area (Å²) in [5.41, 5.74) is -0.0879. The molecule has 0 unspecified atom stereocenters. The fourth-order valence-electron chi connectivity index (χ4n) is 3.28. The van der Waals surface area contributed by atoms with E-state index in [4.69, 9.17) is 11.6 Å². The van der Waals surface area contributed by atoms with Crippen molar-refractivity contribution in [3.63, 3.8) is 0 Å². The van der Waals surface area contributed by atoms with Crippen LogP contribution < -0.4 is 16.0 Å². The lowest BCUT2D eigenvalue weighted by Crippen LogP contribution is -2.48. The van der Waals surface area contributed by atoms with E-state index in [0.29, 0.717) is 36.7 Å². The third-order valence-corrected chi connectivity index (χ3v) is 6.98. The van der Waals surface area contributed by atoms with Gasteiger partial charge in [0.25, 0.3) is 0 Å². The molecule has 0 amide bonds. The molecule has 0 radical (unpaired) electrons. The monoisotopic (exact) mass is 420 g/mol. The molecule has 1 saturated heterocycles. The standard InChI is InChI=1S/C18H17ClN4O4S/c19-13-3-1-2-4-16(13)22-7-9-23(10-8-22)28(26,27)12-5-6-14-15(11-12)21-18(25)17(24)20-14/h1-6,11H,7-10H2,(H,20,24)(H,21,25). The highest BCUT2D eigenvalue weighted by atomic mass is 35.5. The molecule has 0 aliphatic carbocycles. The first kappa shape index (κ1) is 18.7. The van der Waals surface area contributed by atoms with E-state index in [2.05, 4.69) is 14.9 Å². The summed E-state index contributed by atoms with van der Waals surface area (Å²) in [6.07, 6.45) is 0. The summed E-state index contributed by atoms with van der Waals surface area (Å²) in [6.45, 7) is 1.66. The van der Waals surface area contributed by atoms with Gasteiger partial charge >= 0.3 is 11.1 Å². The van der Waals surface area contributed by atoms with Gasteiger partial charge in [0.05, 0.1) is 26.6 Å². The van der Waals surface area contributed by atoms with Crippen LogP contribution in [0.3, 0.4) is 0 Å². The van der Waals surface area contributed by atoms with Gasteiger partial charge in [0, 0.05) is 26.2 Å². The van der Waals surface area contributed by atoms with Crippen LogP contribution in [0.15, 0.2) is 56.9 Å². The number of fused-ring (bicyclic) bond motifs is 1. The number of hydrogen-bond acceptors (Lipinski definition) is 5. The Balaban J connectivity index is 1.59. The van der Waals surface area contributed by atoms with Crippen LogP contribution in [0.2, 0.25) is 5.02 Å². The number of hydrogen-bond donors (Lipinski definition) is 2. The summed E-state index contributed by atoms with van der Waals surface area (Å²) in [5, 5.41) is 0.631. The minimum absolute atomic E-state index is 0.0638. The van der Waals surface area contributed by atoms with Gasteiger partial charge in [-0.15, -0.1) is 0 Å². The van der Waals surface area contributed by atoms with Crippen molar-refractivity contribution in [1.29, 1.82) is 0 Å². The van der Waals surface area contributed by atoms with Crippen molar-refractivity contribution in [2.45, 2.75) is 4.90 Å². The highest BCUT2D eigenvalue weighted by Crippen LogP contribution is 2.27. The van der Waals surface area contributed by atoms with Crippen molar-refractivity contribution in [1.82, 2.24) is 14.3 Å². The zero-order valence-electron chi connectivity index (χ0n) is 14.7. The zero-order chi connectivity index (χ0) is 19.9. The number of anilines is 1. The van der Waals surface area contributed by atoms with E-state index in [9.17, 15) is 18.0 Å². The van der Waals surface area contributed by atoms with Crippen molar-refractivity contribution in [3.05, 3.63) is 68.2 Å². The fraction of sp³-hybridized carbons (Fsp3) is 0.222. The number of aromatic nitrogens is 2. The molecule has 0 atom stereocenters. The molecule has 2 heterocycles. The van der Waals surface area contributed by atoms with Gasteiger partial charge in [-0.25, -0.2) is 8.42 Å². The third-order valence-electron chi connectivity index (χ3n) is 4.76. The molecule has 0 bridgehead atoms. The molecule has 4 rings (SSSR count). The first-order valence-corrected chi connectivity index (χ1v) is 10.4. The van der Waals surface area contributed by atoms with Gasteiger partial charge in [-0.1, -0.05) is 23.7 Å². The summed E-state index contributed by atoms with van der Waals surface area (Å²) in [6, 6.07) is 11.7. The first-order chi connectivity index (χ1) is 13.4. The molecule has 8 nitrogen and oxygen atoms in total. The predicted octanol–water partition coefficient (Wildman–Crippen LogP) is 1.38. The lowest BCUT2D eigenvalue weighted by Gasteiger charge is -2.35.